The molecule has 0 atom stereocenters. The van der Waals surface area contributed by atoms with Gasteiger partial charge in [0.2, 0.25) is 0 Å². The molecule has 2 heterocycles. The van der Waals surface area contributed by atoms with Crippen molar-refractivity contribution < 1.29 is 14.6 Å². The second kappa shape index (κ2) is 3.66. The highest BCUT2D eigenvalue weighted by Crippen LogP contribution is 2.34. The van der Waals surface area contributed by atoms with Gasteiger partial charge in [-0.1, -0.05) is 0 Å². The van der Waals surface area contributed by atoms with Crippen LogP contribution in [0.5, 0.6) is 0 Å². The molecule has 1 aromatic heterocycles. The van der Waals surface area contributed by atoms with Crippen molar-refractivity contribution in [3.63, 3.8) is 0 Å². The number of allylic oxidation sites excluding steroid dienone is 4. The normalized spacial score (nSPS) is 16.5. The van der Waals surface area contributed by atoms with Crippen LogP contribution in [-0.4, -0.2) is 16.1 Å². The van der Waals surface area contributed by atoms with Crippen molar-refractivity contribution >= 4 is 11.5 Å². The number of aromatic amines is 1. The van der Waals surface area contributed by atoms with Gasteiger partial charge in [-0.25, -0.2) is 0 Å². The van der Waals surface area contributed by atoms with Gasteiger partial charge in [-0.3, -0.25) is 4.79 Å². The second-order valence-corrected chi connectivity index (χ2v) is 4.06. The maximum Gasteiger partial charge on any atom is 0.309 e. The summed E-state index contributed by atoms with van der Waals surface area (Å²) >= 11 is 0. The summed E-state index contributed by atoms with van der Waals surface area (Å²) in [6, 6.07) is 1.91. The Labute approximate surface area is 97.9 Å². The minimum absolute atomic E-state index is 0.0201. The molecule has 0 bridgehead atoms. The van der Waals surface area contributed by atoms with Crippen molar-refractivity contribution in [2.45, 2.75) is 12.8 Å². The van der Waals surface area contributed by atoms with Gasteiger partial charge in [0, 0.05) is 11.3 Å². The highest BCUT2D eigenvalue weighted by atomic mass is 16.5. The highest BCUT2D eigenvalue weighted by molar-refractivity contribution is 5.82. The molecular weight excluding hydrogens is 218 g/mol. The van der Waals surface area contributed by atoms with E-state index in [0.29, 0.717) is 0 Å². The molecule has 4 heteroatoms. The molecule has 0 spiro atoms. The van der Waals surface area contributed by atoms with Crippen LogP contribution in [0, 0.1) is 0 Å². The number of hydrogen-bond donors (Lipinski definition) is 2. The summed E-state index contributed by atoms with van der Waals surface area (Å²) in [6.45, 7) is 0. The van der Waals surface area contributed by atoms with Gasteiger partial charge in [0.25, 0.3) is 0 Å². The van der Waals surface area contributed by atoms with E-state index in [0.717, 1.165) is 34.7 Å². The molecule has 0 amide bonds. The highest BCUT2D eigenvalue weighted by Gasteiger charge is 2.21. The second-order valence-electron chi connectivity index (χ2n) is 4.06. The SMILES string of the molecule is O=C(O)Cc1cc2c([nH]1)C1=CC=COC1=CC2. The first kappa shape index (κ1) is 9.96. The molecule has 2 N–H and O–H groups in total. The predicted octanol–water partition coefficient (Wildman–Crippen LogP) is 2.01. The van der Waals surface area contributed by atoms with E-state index in [2.05, 4.69) is 4.98 Å². The molecule has 0 unspecified atom stereocenters. The molecule has 0 aromatic carbocycles. The van der Waals surface area contributed by atoms with Gasteiger partial charge in [0.15, 0.2) is 0 Å². The quantitative estimate of drug-likeness (QED) is 0.815. The maximum absolute atomic E-state index is 10.7. The van der Waals surface area contributed by atoms with Gasteiger partial charge in [-0.15, -0.1) is 0 Å². The van der Waals surface area contributed by atoms with E-state index in [1.165, 1.54) is 0 Å². The van der Waals surface area contributed by atoms with Gasteiger partial charge in [0.05, 0.1) is 18.4 Å². The molecule has 2 aliphatic rings. The molecule has 1 aliphatic heterocycles. The average molecular weight is 229 g/mol. The summed E-state index contributed by atoms with van der Waals surface area (Å²) in [5.41, 5.74) is 3.82. The molecule has 0 saturated heterocycles. The maximum atomic E-state index is 10.7. The standard InChI is InChI=1S/C13H11NO3/c15-12(16)7-9-6-8-3-4-11-10(13(8)14-9)2-1-5-17-11/h1-2,4-6,14H,3,7H2,(H,15,16). The lowest BCUT2D eigenvalue weighted by molar-refractivity contribution is -0.136. The number of carboxylic acid groups (broad SMARTS) is 1. The van der Waals surface area contributed by atoms with Crippen LogP contribution < -0.4 is 0 Å². The molecule has 1 aromatic rings. The molecule has 17 heavy (non-hydrogen) atoms. The fourth-order valence-corrected chi connectivity index (χ4v) is 2.18. The number of rotatable bonds is 2. The van der Waals surface area contributed by atoms with Gasteiger partial charge in [0.1, 0.15) is 5.76 Å². The Hall–Kier alpha value is -2.23. The van der Waals surface area contributed by atoms with E-state index < -0.39 is 5.97 Å². The first-order valence-electron chi connectivity index (χ1n) is 5.41. The van der Waals surface area contributed by atoms with E-state index in [9.17, 15) is 4.79 Å². The summed E-state index contributed by atoms with van der Waals surface area (Å²) < 4.78 is 5.41. The van der Waals surface area contributed by atoms with Gasteiger partial charge < -0.3 is 14.8 Å². The fraction of sp³-hybridized carbons (Fsp3) is 0.154. The van der Waals surface area contributed by atoms with Crippen molar-refractivity contribution in [1.29, 1.82) is 0 Å². The summed E-state index contributed by atoms with van der Waals surface area (Å²) in [5, 5.41) is 8.78. The fourth-order valence-electron chi connectivity index (χ4n) is 2.18. The molecule has 86 valence electrons. The van der Waals surface area contributed by atoms with E-state index in [1.54, 1.807) is 6.26 Å². The number of carboxylic acids is 1. The Balaban J connectivity index is 2.02. The zero-order chi connectivity index (χ0) is 11.8. The molecule has 0 saturated carbocycles. The largest absolute Gasteiger partial charge is 0.481 e. The third kappa shape index (κ3) is 1.67. The molecule has 4 nitrogen and oxygen atoms in total. The van der Waals surface area contributed by atoms with Gasteiger partial charge >= 0.3 is 5.97 Å². The van der Waals surface area contributed by atoms with Gasteiger partial charge in [-0.2, -0.15) is 0 Å². The Morgan fingerprint density at radius 3 is 3.24 bits per heavy atom. The number of aliphatic carboxylic acids is 1. The van der Waals surface area contributed by atoms with Crippen LogP contribution >= 0.6 is 0 Å². The third-order valence-electron chi connectivity index (χ3n) is 2.88. The summed E-state index contributed by atoms with van der Waals surface area (Å²) in [7, 11) is 0. The van der Waals surface area contributed by atoms with E-state index in [-0.39, 0.29) is 6.42 Å². The van der Waals surface area contributed by atoms with Crippen molar-refractivity contribution in [1.82, 2.24) is 4.98 Å². The van der Waals surface area contributed by atoms with Crippen LogP contribution in [0.4, 0.5) is 0 Å². The summed E-state index contributed by atoms with van der Waals surface area (Å²) in [4.78, 5) is 13.8. The number of carbonyl (C=O) groups is 1. The van der Waals surface area contributed by atoms with Crippen LogP contribution in [0.1, 0.15) is 17.0 Å². The van der Waals surface area contributed by atoms with Crippen LogP contribution in [0.15, 0.2) is 36.3 Å². The van der Waals surface area contributed by atoms with Crippen LogP contribution in [-0.2, 0) is 22.4 Å². The van der Waals surface area contributed by atoms with E-state index in [4.69, 9.17) is 9.84 Å². The zero-order valence-corrected chi connectivity index (χ0v) is 9.06. The van der Waals surface area contributed by atoms with Crippen molar-refractivity contribution in [3.8, 4) is 0 Å². The number of nitrogens with one attached hydrogen (secondary N) is 1. The minimum Gasteiger partial charge on any atom is -0.481 e. The number of fused-ring (bicyclic) bond motifs is 3. The lowest BCUT2D eigenvalue weighted by atomic mass is 9.97. The van der Waals surface area contributed by atoms with E-state index >= 15 is 0 Å². The lowest BCUT2D eigenvalue weighted by Crippen LogP contribution is -2.04. The minimum atomic E-state index is -0.828. The topological polar surface area (TPSA) is 62.3 Å². The molecule has 0 fully saturated rings. The Morgan fingerprint density at radius 2 is 2.41 bits per heavy atom. The van der Waals surface area contributed by atoms with Crippen LogP contribution in [0.3, 0.4) is 0 Å². The number of H-pyrrole nitrogens is 1. The Bertz CT molecular complexity index is 575. The van der Waals surface area contributed by atoms with E-state index in [1.807, 2.05) is 24.3 Å². The molecule has 1 aliphatic carbocycles. The van der Waals surface area contributed by atoms with Crippen LogP contribution in [0.25, 0.3) is 5.57 Å². The Kier molecular flexibility index (Phi) is 2.14. The van der Waals surface area contributed by atoms with Crippen molar-refractivity contribution in [2.24, 2.45) is 0 Å². The average Bonchev–Trinajstić information content (AvgIpc) is 2.70. The first-order chi connectivity index (χ1) is 8.24. The Morgan fingerprint density at radius 1 is 1.53 bits per heavy atom. The zero-order valence-electron chi connectivity index (χ0n) is 9.06. The van der Waals surface area contributed by atoms with Gasteiger partial charge in [-0.05, 0) is 36.3 Å². The van der Waals surface area contributed by atoms with Crippen LogP contribution in [0.2, 0.25) is 0 Å². The molecular formula is C13H11NO3. The first-order valence-corrected chi connectivity index (χ1v) is 5.41. The summed E-state index contributed by atoms with van der Waals surface area (Å²) in [5.74, 6) is 0.00859. The summed E-state index contributed by atoms with van der Waals surface area (Å²) in [6.07, 6.45) is 8.24. The smallest absolute Gasteiger partial charge is 0.309 e. The van der Waals surface area contributed by atoms with Crippen molar-refractivity contribution in [2.75, 3.05) is 0 Å². The predicted molar refractivity (Wildman–Crippen MR) is 62.1 cm³/mol. The monoisotopic (exact) mass is 229 g/mol. The number of ether oxygens (including phenoxy) is 1. The molecule has 0 radical (unpaired) electrons. The molecule has 3 rings (SSSR count). The van der Waals surface area contributed by atoms with Crippen molar-refractivity contribution in [3.05, 3.63) is 53.3 Å². The third-order valence-corrected chi connectivity index (χ3v) is 2.88. The number of aromatic nitrogens is 1. The number of hydrogen-bond acceptors (Lipinski definition) is 2. The lowest BCUT2D eigenvalue weighted by Gasteiger charge is -2.18.